The lowest BCUT2D eigenvalue weighted by molar-refractivity contribution is 0.707. The van der Waals surface area contributed by atoms with E-state index in [-0.39, 0.29) is 0 Å². The zero-order chi connectivity index (χ0) is 17.2. The largest absolute Gasteiger partial charge is 0.338 e. The van der Waals surface area contributed by atoms with Crippen LogP contribution in [0.4, 0.5) is 11.5 Å². The molecule has 7 heteroatoms. The van der Waals surface area contributed by atoms with Gasteiger partial charge in [0.2, 0.25) is 0 Å². The molecule has 0 aliphatic heterocycles. The van der Waals surface area contributed by atoms with Crippen molar-refractivity contribution in [3.8, 4) is 0 Å². The topological polar surface area (TPSA) is 55.6 Å². The molecule has 0 radical (unpaired) electrons. The molecular formula is C18H13Cl2N5. The van der Waals surface area contributed by atoms with E-state index in [1.54, 1.807) is 0 Å². The highest BCUT2D eigenvalue weighted by atomic mass is 35.5. The molecular weight excluding hydrogens is 357 g/mol. The predicted molar refractivity (Wildman–Crippen MR) is 101 cm³/mol. The van der Waals surface area contributed by atoms with Gasteiger partial charge in [-0.15, -0.1) is 0 Å². The minimum absolute atomic E-state index is 0.355. The third-order valence-electron chi connectivity index (χ3n) is 3.75. The Bertz CT molecular complexity index is 1030. The van der Waals surface area contributed by atoms with E-state index in [1.807, 2.05) is 59.3 Å². The van der Waals surface area contributed by atoms with Crippen molar-refractivity contribution in [1.29, 1.82) is 0 Å². The molecule has 4 aromatic rings. The molecule has 0 atom stereocenters. The fraction of sp³-hybridized carbons (Fsp3) is 0.0556. The molecule has 4 rings (SSSR count). The summed E-state index contributed by atoms with van der Waals surface area (Å²) in [4.78, 5) is 8.44. The van der Waals surface area contributed by atoms with Crippen LogP contribution in [0.3, 0.4) is 0 Å². The maximum atomic E-state index is 6.31. The normalized spacial score (nSPS) is 11.0. The molecule has 0 fully saturated rings. The number of hydrogen-bond acceptors (Lipinski definition) is 4. The Kier molecular flexibility index (Phi) is 4.26. The van der Waals surface area contributed by atoms with E-state index in [9.17, 15) is 0 Å². The van der Waals surface area contributed by atoms with E-state index in [4.69, 9.17) is 23.2 Å². The van der Waals surface area contributed by atoms with Crippen molar-refractivity contribution < 1.29 is 0 Å². The summed E-state index contributed by atoms with van der Waals surface area (Å²) in [6.07, 6.45) is 1.44. The number of nitrogens with one attached hydrogen (secondary N) is 1. The van der Waals surface area contributed by atoms with Crippen LogP contribution in [-0.4, -0.2) is 19.7 Å². The summed E-state index contributed by atoms with van der Waals surface area (Å²) in [5, 5.41) is 9.58. The van der Waals surface area contributed by atoms with E-state index >= 15 is 0 Å². The van der Waals surface area contributed by atoms with Crippen LogP contribution in [0.2, 0.25) is 10.2 Å². The Hall–Kier alpha value is -2.63. The molecule has 0 bridgehead atoms. The van der Waals surface area contributed by atoms with Gasteiger partial charge in [-0.3, -0.25) is 0 Å². The van der Waals surface area contributed by atoms with Crippen LogP contribution < -0.4 is 5.32 Å². The molecule has 0 saturated heterocycles. The van der Waals surface area contributed by atoms with E-state index in [0.717, 1.165) is 11.3 Å². The summed E-state index contributed by atoms with van der Waals surface area (Å²) < 4.78 is 1.81. The summed E-state index contributed by atoms with van der Waals surface area (Å²) in [6.45, 7) is 0.585. The standard InChI is InChI=1S/C18H13Cl2N5/c19-13-7-4-8-14(9-13)23-17-15-16(20)21-11-22-18(15)25(24-17)10-12-5-2-1-3-6-12/h1-9,11H,10H2,(H,23,24). The smallest absolute Gasteiger partial charge is 0.165 e. The van der Waals surface area contributed by atoms with Crippen molar-refractivity contribution in [1.82, 2.24) is 19.7 Å². The molecule has 0 unspecified atom stereocenters. The second-order valence-corrected chi connectivity index (χ2v) is 6.28. The van der Waals surface area contributed by atoms with Crippen molar-refractivity contribution in [3.05, 3.63) is 76.7 Å². The van der Waals surface area contributed by atoms with Gasteiger partial charge in [-0.25, -0.2) is 14.6 Å². The molecule has 2 aromatic carbocycles. The molecule has 5 nitrogen and oxygen atoms in total. The van der Waals surface area contributed by atoms with Crippen molar-refractivity contribution >= 4 is 45.7 Å². The Labute approximate surface area is 154 Å². The molecule has 0 aliphatic carbocycles. The summed E-state index contributed by atoms with van der Waals surface area (Å²) in [6, 6.07) is 17.5. The van der Waals surface area contributed by atoms with E-state index in [0.29, 0.717) is 33.6 Å². The number of nitrogens with zero attached hydrogens (tertiary/aromatic N) is 4. The molecule has 0 aliphatic rings. The maximum Gasteiger partial charge on any atom is 0.165 e. The van der Waals surface area contributed by atoms with Gasteiger partial charge in [0.1, 0.15) is 16.9 Å². The SMILES string of the molecule is Clc1cccc(Nc2nn(Cc3ccccc3)c3ncnc(Cl)c23)c1. The van der Waals surface area contributed by atoms with Crippen LogP contribution in [0.5, 0.6) is 0 Å². The highest BCUT2D eigenvalue weighted by Crippen LogP contribution is 2.30. The third-order valence-corrected chi connectivity index (χ3v) is 4.27. The maximum absolute atomic E-state index is 6.31. The first-order valence-electron chi connectivity index (χ1n) is 7.64. The van der Waals surface area contributed by atoms with Gasteiger partial charge in [0.15, 0.2) is 11.5 Å². The molecule has 0 spiro atoms. The van der Waals surface area contributed by atoms with Crippen LogP contribution >= 0.6 is 23.2 Å². The van der Waals surface area contributed by atoms with Crippen LogP contribution in [0.25, 0.3) is 11.0 Å². The minimum Gasteiger partial charge on any atom is -0.338 e. The zero-order valence-corrected chi connectivity index (χ0v) is 14.5. The number of aromatic nitrogens is 4. The number of hydrogen-bond donors (Lipinski definition) is 1. The van der Waals surface area contributed by atoms with Gasteiger partial charge in [-0.05, 0) is 23.8 Å². The van der Waals surface area contributed by atoms with E-state index in [1.165, 1.54) is 6.33 Å². The number of benzene rings is 2. The molecule has 0 saturated carbocycles. The lowest BCUT2D eigenvalue weighted by Crippen LogP contribution is -2.03. The highest BCUT2D eigenvalue weighted by Gasteiger charge is 2.16. The molecule has 2 aromatic heterocycles. The fourth-order valence-corrected chi connectivity index (χ4v) is 3.04. The summed E-state index contributed by atoms with van der Waals surface area (Å²) in [5.74, 6) is 0.596. The Morgan fingerprint density at radius 3 is 2.60 bits per heavy atom. The molecule has 0 amide bonds. The van der Waals surface area contributed by atoms with Gasteiger partial charge in [0, 0.05) is 10.7 Å². The summed E-state index contributed by atoms with van der Waals surface area (Å²) in [5.41, 5.74) is 2.61. The van der Waals surface area contributed by atoms with Crippen LogP contribution in [-0.2, 0) is 6.54 Å². The van der Waals surface area contributed by atoms with Gasteiger partial charge in [-0.2, -0.15) is 5.10 Å². The predicted octanol–water partition coefficient (Wildman–Crippen LogP) is 4.93. The fourth-order valence-electron chi connectivity index (χ4n) is 2.63. The minimum atomic E-state index is 0.355. The average molecular weight is 370 g/mol. The van der Waals surface area contributed by atoms with Crippen molar-refractivity contribution in [2.45, 2.75) is 6.54 Å². The van der Waals surface area contributed by atoms with Gasteiger partial charge in [0.05, 0.1) is 6.54 Å². The van der Waals surface area contributed by atoms with Crippen LogP contribution in [0.1, 0.15) is 5.56 Å². The molecule has 1 N–H and O–H groups in total. The highest BCUT2D eigenvalue weighted by molar-refractivity contribution is 6.35. The van der Waals surface area contributed by atoms with Crippen molar-refractivity contribution in [2.75, 3.05) is 5.32 Å². The van der Waals surface area contributed by atoms with Crippen molar-refractivity contribution in [2.24, 2.45) is 0 Å². The van der Waals surface area contributed by atoms with Gasteiger partial charge >= 0.3 is 0 Å². The van der Waals surface area contributed by atoms with Gasteiger partial charge in [0.25, 0.3) is 0 Å². The van der Waals surface area contributed by atoms with E-state index < -0.39 is 0 Å². The average Bonchev–Trinajstić information content (AvgIpc) is 2.95. The second-order valence-electron chi connectivity index (χ2n) is 5.49. The number of rotatable bonds is 4. The summed E-state index contributed by atoms with van der Waals surface area (Å²) in [7, 11) is 0. The van der Waals surface area contributed by atoms with Crippen LogP contribution in [0, 0.1) is 0 Å². The molecule has 2 heterocycles. The zero-order valence-electron chi connectivity index (χ0n) is 13.0. The molecule has 124 valence electrons. The quantitative estimate of drug-likeness (QED) is 0.518. The Balaban J connectivity index is 1.79. The summed E-state index contributed by atoms with van der Waals surface area (Å²) >= 11 is 12.4. The first-order valence-corrected chi connectivity index (χ1v) is 8.40. The van der Waals surface area contributed by atoms with E-state index in [2.05, 4.69) is 20.4 Å². The van der Waals surface area contributed by atoms with Crippen LogP contribution in [0.15, 0.2) is 60.9 Å². The lowest BCUT2D eigenvalue weighted by Gasteiger charge is -2.04. The lowest BCUT2D eigenvalue weighted by atomic mass is 10.2. The van der Waals surface area contributed by atoms with Gasteiger partial charge in [-0.1, -0.05) is 59.6 Å². The Morgan fingerprint density at radius 2 is 1.80 bits per heavy atom. The van der Waals surface area contributed by atoms with Crippen molar-refractivity contribution in [3.63, 3.8) is 0 Å². The van der Waals surface area contributed by atoms with Gasteiger partial charge < -0.3 is 5.32 Å². The number of fused-ring (bicyclic) bond motifs is 1. The number of anilines is 2. The second kappa shape index (κ2) is 6.70. The third kappa shape index (κ3) is 3.29. The first kappa shape index (κ1) is 15.9. The first-order chi connectivity index (χ1) is 12.2. The number of halogens is 2. The molecule has 25 heavy (non-hydrogen) atoms. The Morgan fingerprint density at radius 1 is 0.960 bits per heavy atom. The monoisotopic (exact) mass is 369 g/mol.